The van der Waals surface area contributed by atoms with Crippen LogP contribution < -0.4 is 10.7 Å². The summed E-state index contributed by atoms with van der Waals surface area (Å²) < 4.78 is 26.8. The number of methoxy groups -OCH3 is 1. The third-order valence-electron chi connectivity index (χ3n) is 8.09. The van der Waals surface area contributed by atoms with Gasteiger partial charge in [0.2, 0.25) is 11.8 Å². The summed E-state index contributed by atoms with van der Waals surface area (Å²) in [6.45, 7) is 3.08. The Morgan fingerprint density at radius 3 is 2.72 bits per heavy atom. The number of pyridine rings is 2. The van der Waals surface area contributed by atoms with Crippen LogP contribution in [0.25, 0.3) is 33.8 Å². The van der Waals surface area contributed by atoms with Gasteiger partial charge >= 0.3 is 5.76 Å². The summed E-state index contributed by atoms with van der Waals surface area (Å²) in [5, 5.41) is 4.31. The standard InChI is InChI=1S/C27H31ClFN7O3/c1-15-3-5-16(6-4-15)13-36-24-21(32-26(36)35-14-20(38-2)8-19(35)10-29)9-22(25-33-27(37)39-34-25)31-23(24)17-7-18(28)12-30-11-17/h7,9,11-12,15-16,19-20H,3-6,8,10,13-14H2,1-2H3,(H,33,34,37)/t15?,16?,19-,20+/m0/s1. The Morgan fingerprint density at radius 1 is 1.21 bits per heavy atom. The fraction of sp³-hybridized carbons (Fsp3) is 0.519. The van der Waals surface area contributed by atoms with Crippen molar-refractivity contribution in [1.82, 2.24) is 29.7 Å². The molecular weight excluding hydrogens is 525 g/mol. The lowest BCUT2D eigenvalue weighted by atomic mass is 9.83. The molecule has 1 saturated heterocycles. The molecule has 39 heavy (non-hydrogen) atoms. The van der Waals surface area contributed by atoms with Crippen molar-refractivity contribution in [2.75, 3.05) is 25.2 Å². The quantitative estimate of drug-likeness (QED) is 0.343. The van der Waals surface area contributed by atoms with Gasteiger partial charge in [-0.05, 0) is 43.2 Å². The van der Waals surface area contributed by atoms with E-state index in [1.54, 1.807) is 31.6 Å². The lowest BCUT2D eigenvalue weighted by molar-refractivity contribution is 0.117. The van der Waals surface area contributed by atoms with Gasteiger partial charge in [-0.25, -0.2) is 19.2 Å². The van der Waals surface area contributed by atoms with E-state index in [2.05, 4.69) is 26.6 Å². The molecule has 12 heteroatoms. The summed E-state index contributed by atoms with van der Waals surface area (Å²) in [4.78, 5) is 30.6. The number of halogens is 2. The minimum Gasteiger partial charge on any atom is -0.380 e. The Kier molecular flexibility index (Phi) is 7.11. The molecule has 5 heterocycles. The Labute approximate surface area is 229 Å². The summed E-state index contributed by atoms with van der Waals surface area (Å²) in [7, 11) is 1.66. The molecule has 0 bridgehead atoms. The zero-order chi connectivity index (χ0) is 27.1. The molecule has 0 spiro atoms. The molecule has 6 rings (SSSR count). The highest BCUT2D eigenvalue weighted by Crippen LogP contribution is 2.38. The van der Waals surface area contributed by atoms with Crippen molar-refractivity contribution in [3.05, 3.63) is 40.1 Å². The number of ether oxygens (including phenoxy) is 1. The minimum atomic E-state index is -0.677. The van der Waals surface area contributed by atoms with Crippen LogP contribution in [0.5, 0.6) is 0 Å². The zero-order valence-corrected chi connectivity index (χ0v) is 22.7. The fourth-order valence-electron chi connectivity index (χ4n) is 5.95. The molecule has 4 aromatic rings. The van der Waals surface area contributed by atoms with E-state index in [1.807, 2.05) is 4.90 Å². The van der Waals surface area contributed by atoms with Crippen LogP contribution in [0.3, 0.4) is 0 Å². The largest absolute Gasteiger partial charge is 0.439 e. The smallest absolute Gasteiger partial charge is 0.380 e. The average Bonchev–Trinajstić information content (AvgIpc) is 3.66. The van der Waals surface area contributed by atoms with E-state index in [0.717, 1.165) is 30.8 Å². The maximum absolute atomic E-state index is 14.3. The molecule has 2 aliphatic rings. The molecular formula is C27H31ClFN7O3. The molecule has 0 aromatic carbocycles. The van der Waals surface area contributed by atoms with Crippen LogP contribution in [0.15, 0.2) is 33.8 Å². The lowest BCUT2D eigenvalue weighted by Crippen LogP contribution is -2.34. The first-order valence-corrected chi connectivity index (χ1v) is 13.7. The predicted octanol–water partition coefficient (Wildman–Crippen LogP) is 4.88. The van der Waals surface area contributed by atoms with E-state index < -0.39 is 12.4 Å². The highest BCUT2D eigenvalue weighted by atomic mass is 35.5. The summed E-state index contributed by atoms with van der Waals surface area (Å²) >= 11 is 6.34. The van der Waals surface area contributed by atoms with Crippen molar-refractivity contribution in [3.63, 3.8) is 0 Å². The Bertz CT molecular complexity index is 1530. The van der Waals surface area contributed by atoms with Gasteiger partial charge in [0.05, 0.1) is 33.9 Å². The Hall–Kier alpha value is -3.31. The molecule has 4 aromatic heterocycles. The van der Waals surface area contributed by atoms with Crippen molar-refractivity contribution in [2.45, 2.75) is 57.7 Å². The van der Waals surface area contributed by atoms with Crippen molar-refractivity contribution in [2.24, 2.45) is 11.8 Å². The first-order valence-electron chi connectivity index (χ1n) is 13.4. The number of hydrogen-bond donors (Lipinski definition) is 1. The van der Waals surface area contributed by atoms with Crippen LogP contribution in [0.1, 0.15) is 39.0 Å². The maximum Gasteiger partial charge on any atom is 0.439 e. The van der Waals surface area contributed by atoms with E-state index >= 15 is 0 Å². The van der Waals surface area contributed by atoms with Gasteiger partial charge in [0.1, 0.15) is 12.4 Å². The second kappa shape index (κ2) is 10.7. The summed E-state index contributed by atoms with van der Waals surface area (Å²) in [5.74, 6) is 1.38. The summed E-state index contributed by atoms with van der Waals surface area (Å²) in [6.07, 6.45) is 8.37. The van der Waals surface area contributed by atoms with E-state index in [1.165, 1.54) is 12.8 Å². The van der Waals surface area contributed by atoms with Crippen LogP contribution in [0.2, 0.25) is 5.02 Å². The first-order chi connectivity index (χ1) is 18.9. The van der Waals surface area contributed by atoms with Gasteiger partial charge in [-0.1, -0.05) is 36.5 Å². The second-order valence-electron chi connectivity index (χ2n) is 10.8. The van der Waals surface area contributed by atoms with Crippen molar-refractivity contribution < 1.29 is 13.7 Å². The molecule has 2 fully saturated rings. The van der Waals surface area contributed by atoms with Gasteiger partial charge in [0, 0.05) is 38.2 Å². The molecule has 0 unspecified atom stereocenters. The first kappa shape index (κ1) is 25.9. The van der Waals surface area contributed by atoms with Gasteiger partial charge < -0.3 is 14.2 Å². The molecule has 1 aliphatic carbocycles. The monoisotopic (exact) mass is 555 g/mol. The van der Waals surface area contributed by atoms with E-state index in [0.29, 0.717) is 52.3 Å². The van der Waals surface area contributed by atoms with Gasteiger partial charge in [0.15, 0.2) is 0 Å². The molecule has 206 valence electrons. The van der Waals surface area contributed by atoms with Gasteiger partial charge in [-0.3, -0.25) is 14.5 Å². The highest BCUT2D eigenvalue weighted by molar-refractivity contribution is 6.30. The molecule has 1 aliphatic heterocycles. The number of nitrogens with zero attached hydrogens (tertiary/aromatic N) is 6. The van der Waals surface area contributed by atoms with Crippen molar-refractivity contribution >= 4 is 28.6 Å². The lowest BCUT2D eigenvalue weighted by Gasteiger charge is -2.29. The van der Waals surface area contributed by atoms with Crippen LogP contribution in [-0.4, -0.2) is 62.1 Å². The third-order valence-corrected chi connectivity index (χ3v) is 8.29. The molecule has 0 radical (unpaired) electrons. The van der Waals surface area contributed by atoms with E-state index in [-0.39, 0.29) is 18.0 Å². The maximum atomic E-state index is 14.3. The normalized spacial score (nSPS) is 23.6. The number of aromatic amines is 1. The van der Waals surface area contributed by atoms with E-state index in [9.17, 15) is 9.18 Å². The number of H-pyrrole nitrogens is 1. The highest BCUT2D eigenvalue weighted by Gasteiger charge is 2.36. The number of imidazole rings is 1. The SMILES string of the molecule is CO[C@@H]1C[C@@H](CF)N(c2nc3cc(-c4noc(=O)[nH]4)nc(-c4cncc(Cl)c4)c3n2CC2CCC(C)CC2)C1. The topological polar surface area (TPSA) is 115 Å². The summed E-state index contributed by atoms with van der Waals surface area (Å²) in [5.41, 5.74) is 3.15. The second-order valence-corrected chi connectivity index (χ2v) is 11.2. The van der Waals surface area contributed by atoms with Gasteiger partial charge in [0.25, 0.3) is 0 Å². The van der Waals surface area contributed by atoms with Crippen molar-refractivity contribution in [1.29, 1.82) is 0 Å². The van der Waals surface area contributed by atoms with E-state index in [4.69, 9.17) is 30.8 Å². The third kappa shape index (κ3) is 5.05. The summed E-state index contributed by atoms with van der Waals surface area (Å²) in [6, 6.07) is 3.24. The average molecular weight is 556 g/mol. The number of fused-ring (bicyclic) bond motifs is 1. The fourth-order valence-corrected chi connectivity index (χ4v) is 6.12. The number of hydrogen-bond acceptors (Lipinski definition) is 8. The molecule has 10 nitrogen and oxygen atoms in total. The predicted molar refractivity (Wildman–Crippen MR) is 146 cm³/mol. The van der Waals surface area contributed by atoms with Crippen LogP contribution >= 0.6 is 11.6 Å². The number of nitrogens with one attached hydrogen (secondary N) is 1. The van der Waals surface area contributed by atoms with Gasteiger partial charge in [-0.15, -0.1) is 0 Å². The number of rotatable bonds is 7. The molecule has 1 saturated carbocycles. The number of aromatic nitrogens is 6. The Balaban J connectivity index is 1.57. The Morgan fingerprint density at radius 2 is 2.03 bits per heavy atom. The molecule has 0 amide bonds. The van der Waals surface area contributed by atoms with Crippen LogP contribution in [0.4, 0.5) is 10.3 Å². The molecule has 2 atom stereocenters. The minimum absolute atomic E-state index is 0.0833. The van der Waals surface area contributed by atoms with Crippen LogP contribution in [0, 0.1) is 11.8 Å². The number of alkyl halides is 1. The van der Waals surface area contributed by atoms with Crippen molar-refractivity contribution in [3.8, 4) is 22.8 Å². The number of anilines is 1. The van der Waals surface area contributed by atoms with Gasteiger partial charge in [-0.2, -0.15) is 0 Å². The zero-order valence-electron chi connectivity index (χ0n) is 21.9. The van der Waals surface area contributed by atoms with Crippen LogP contribution in [-0.2, 0) is 11.3 Å². The molecule has 1 N–H and O–H groups in total.